The second-order valence-electron chi connectivity index (χ2n) is 7.16. The van der Waals surface area contributed by atoms with Gasteiger partial charge in [-0.3, -0.25) is 14.9 Å². The number of hydrogen-bond donors (Lipinski definition) is 1. The summed E-state index contributed by atoms with van der Waals surface area (Å²) in [4.78, 5) is 34.7. The maximum absolute atomic E-state index is 12.6. The molecule has 1 saturated heterocycles. The molecule has 2 aromatic rings. The number of carbonyl (C=O) groups excluding carboxylic acids is 2. The molecule has 3 rings (SSSR count). The highest BCUT2D eigenvalue weighted by Crippen LogP contribution is 2.23. The lowest BCUT2D eigenvalue weighted by Crippen LogP contribution is -2.27. The van der Waals surface area contributed by atoms with Gasteiger partial charge < -0.3 is 14.6 Å². The molecule has 1 aliphatic rings. The topological polar surface area (TPSA) is 141 Å². The van der Waals surface area contributed by atoms with E-state index in [2.05, 4.69) is 5.32 Å². The predicted molar refractivity (Wildman–Crippen MR) is 110 cm³/mol. The Bertz CT molecular complexity index is 1130. The van der Waals surface area contributed by atoms with Crippen LogP contribution >= 0.6 is 0 Å². The van der Waals surface area contributed by atoms with Crippen LogP contribution in [-0.4, -0.2) is 53.8 Å². The van der Waals surface area contributed by atoms with Crippen LogP contribution in [0.4, 0.5) is 11.4 Å². The Kier molecular flexibility index (Phi) is 6.41. The first-order valence-corrected chi connectivity index (χ1v) is 10.9. The number of nitro groups is 1. The van der Waals surface area contributed by atoms with Gasteiger partial charge in [-0.15, -0.1) is 0 Å². The van der Waals surface area contributed by atoms with E-state index in [4.69, 9.17) is 4.74 Å². The fourth-order valence-corrected chi connectivity index (χ4v) is 4.84. The van der Waals surface area contributed by atoms with Crippen molar-refractivity contribution in [1.82, 2.24) is 8.87 Å². The van der Waals surface area contributed by atoms with Crippen molar-refractivity contribution in [2.45, 2.75) is 24.7 Å². The summed E-state index contributed by atoms with van der Waals surface area (Å²) in [6.07, 6.45) is 2.93. The molecule has 11 nitrogen and oxygen atoms in total. The minimum Gasteiger partial charge on any atom is -0.451 e. The van der Waals surface area contributed by atoms with Gasteiger partial charge in [0, 0.05) is 44.2 Å². The van der Waals surface area contributed by atoms with Crippen LogP contribution in [0.1, 0.15) is 28.9 Å². The third-order valence-corrected chi connectivity index (χ3v) is 6.79. The van der Waals surface area contributed by atoms with Crippen LogP contribution < -0.4 is 5.32 Å². The molecule has 0 saturated carbocycles. The van der Waals surface area contributed by atoms with Gasteiger partial charge in [0.2, 0.25) is 10.0 Å². The first kappa shape index (κ1) is 22.4. The van der Waals surface area contributed by atoms with Crippen molar-refractivity contribution in [2.24, 2.45) is 7.05 Å². The number of carbonyl (C=O) groups is 2. The number of esters is 1. The highest BCUT2D eigenvalue weighted by atomic mass is 32.2. The van der Waals surface area contributed by atoms with Gasteiger partial charge in [0.1, 0.15) is 10.6 Å². The number of amides is 1. The van der Waals surface area contributed by atoms with Crippen LogP contribution in [0.15, 0.2) is 35.4 Å². The van der Waals surface area contributed by atoms with E-state index < -0.39 is 33.4 Å². The lowest BCUT2D eigenvalue weighted by molar-refractivity contribution is -0.384. The standard InChI is InChI=1S/C19H22N4O7S/c1-13-9-14(23(26)27)5-6-16(13)20-18(24)12-30-19(25)17-10-15(11-21(17)2)31(28,29)22-7-3-4-8-22/h5-6,9-11H,3-4,7-8,12H2,1-2H3,(H,20,24). The molecule has 2 heterocycles. The Balaban J connectivity index is 1.63. The van der Waals surface area contributed by atoms with Crippen LogP contribution in [0.25, 0.3) is 0 Å². The number of ether oxygens (including phenoxy) is 1. The number of aromatic nitrogens is 1. The number of nitrogens with one attached hydrogen (secondary N) is 1. The van der Waals surface area contributed by atoms with Crippen LogP contribution in [0.5, 0.6) is 0 Å². The molecule has 0 bridgehead atoms. The molecule has 1 aromatic heterocycles. The van der Waals surface area contributed by atoms with E-state index in [0.717, 1.165) is 12.8 Å². The van der Waals surface area contributed by atoms with E-state index in [1.807, 2.05) is 0 Å². The Morgan fingerprint density at radius 1 is 1.23 bits per heavy atom. The zero-order valence-corrected chi connectivity index (χ0v) is 17.8. The molecule has 1 aliphatic heterocycles. The molecule has 166 valence electrons. The van der Waals surface area contributed by atoms with Gasteiger partial charge in [0.25, 0.3) is 11.6 Å². The van der Waals surface area contributed by atoms with Crippen molar-refractivity contribution >= 4 is 33.3 Å². The molecule has 1 N–H and O–H groups in total. The average Bonchev–Trinajstić information content (AvgIpc) is 3.38. The number of rotatable bonds is 7. The average molecular weight is 450 g/mol. The fraction of sp³-hybridized carbons (Fsp3) is 0.368. The molecule has 0 aliphatic carbocycles. The number of benzene rings is 1. The zero-order valence-electron chi connectivity index (χ0n) is 17.0. The molecule has 0 atom stereocenters. The summed E-state index contributed by atoms with van der Waals surface area (Å²) >= 11 is 0. The lowest BCUT2D eigenvalue weighted by atomic mass is 10.2. The molecule has 0 spiro atoms. The van der Waals surface area contributed by atoms with Crippen LogP contribution in [0, 0.1) is 17.0 Å². The Morgan fingerprint density at radius 2 is 1.90 bits per heavy atom. The Morgan fingerprint density at radius 3 is 2.52 bits per heavy atom. The van der Waals surface area contributed by atoms with Crippen molar-refractivity contribution in [3.8, 4) is 0 Å². The molecular formula is C19H22N4O7S. The minimum absolute atomic E-state index is 0.00270. The number of sulfonamides is 1. The number of aryl methyl sites for hydroxylation is 2. The second kappa shape index (κ2) is 8.86. The van der Waals surface area contributed by atoms with E-state index in [1.54, 1.807) is 6.92 Å². The molecular weight excluding hydrogens is 428 g/mol. The summed E-state index contributed by atoms with van der Waals surface area (Å²) in [5.74, 6) is -1.48. The molecule has 0 radical (unpaired) electrons. The third-order valence-electron chi connectivity index (χ3n) is 4.92. The van der Waals surface area contributed by atoms with E-state index in [-0.39, 0.29) is 16.3 Å². The van der Waals surface area contributed by atoms with Gasteiger partial charge in [-0.2, -0.15) is 4.31 Å². The zero-order chi connectivity index (χ0) is 22.8. The van der Waals surface area contributed by atoms with Crippen LogP contribution in [0.3, 0.4) is 0 Å². The monoisotopic (exact) mass is 450 g/mol. The highest BCUT2D eigenvalue weighted by molar-refractivity contribution is 7.89. The quantitative estimate of drug-likeness (QED) is 0.385. The third kappa shape index (κ3) is 4.91. The van der Waals surface area contributed by atoms with E-state index >= 15 is 0 Å². The normalized spacial score (nSPS) is 14.4. The molecule has 1 fully saturated rings. The van der Waals surface area contributed by atoms with Crippen molar-refractivity contribution in [1.29, 1.82) is 0 Å². The smallest absolute Gasteiger partial charge is 0.355 e. The number of nitrogens with zero attached hydrogens (tertiary/aromatic N) is 3. The summed E-state index contributed by atoms with van der Waals surface area (Å²) < 4.78 is 33.0. The van der Waals surface area contributed by atoms with Crippen molar-refractivity contribution in [2.75, 3.05) is 25.0 Å². The minimum atomic E-state index is -3.68. The molecule has 31 heavy (non-hydrogen) atoms. The summed E-state index contributed by atoms with van der Waals surface area (Å²) in [5, 5.41) is 13.3. The first-order valence-electron chi connectivity index (χ1n) is 9.48. The predicted octanol–water partition coefficient (Wildman–Crippen LogP) is 1.82. The fourth-order valence-electron chi connectivity index (χ4n) is 3.25. The Hall–Kier alpha value is -3.25. The van der Waals surface area contributed by atoms with E-state index in [1.165, 1.54) is 46.4 Å². The SMILES string of the molecule is Cc1cc([N+](=O)[O-])ccc1NC(=O)COC(=O)c1cc(S(=O)(=O)N2CCCC2)cn1C. The number of non-ortho nitro benzene ring substituents is 1. The first-order chi connectivity index (χ1) is 14.6. The van der Waals surface area contributed by atoms with Crippen LogP contribution in [-0.2, 0) is 26.6 Å². The van der Waals surface area contributed by atoms with Crippen molar-refractivity contribution in [3.63, 3.8) is 0 Å². The number of hydrogen-bond acceptors (Lipinski definition) is 7. The second-order valence-corrected chi connectivity index (χ2v) is 9.10. The van der Waals surface area contributed by atoms with Gasteiger partial charge in [-0.1, -0.05) is 0 Å². The van der Waals surface area contributed by atoms with E-state index in [0.29, 0.717) is 24.3 Å². The molecule has 1 amide bonds. The van der Waals surface area contributed by atoms with Gasteiger partial charge >= 0.3 is 5.97 Å². The lowest BCUT2D eigenvalue weighted by Gasteiger charge is -2.13. The summed E-state index contributed by atoms with van der Waals surface area (Å²) in [7, 11) is -2.17. The molecule has 1 aromatic carbocycles. The number of nitro benzene ring substituents is 1. The van der Waals surface area contributed by atoms with Gasteiger partial charge in [-0.25, -0.2) is 13.2 Å². The maximum Gasteiger partial charge on any atom is 0.355 e. The largest absolute Gasteiger partial charge is 0.451 e. The van der Waals surface area contributed by atoms with E-state index in [9.17, 15) is 28.1 Å². The van der Waals surface area contributed by atoms with Crippen molar-refractivity contribution < 1.29 is 27.7 Å². The van der Waals surface area contributed by atoms with Gasteiger partial charge in [0.05, 0.1) is 4.92 Å². The van der Waals surface area contributed by atoms with Crippen LogP contribution in [0.2, 0.25) is 0 Å². The summed E-state index contributed by atoms with van der Waals surface area (Å²) in [6.45, 7) is 1.88. The summed E-state index contributed by atoms with van der Waals surface area (Å²) in [5.41, 5.74) is 0.722. The maximum atomic E-state index is 12.6. The summed E-state index contributed by atoms with van der Waals surface area (Å²) in [6, 6.07) is 5.18. The number of anilines is 1. The van der Waals surface area contributed by atoms with Gasteiger partial charge in [-0.05, 0) is 37.5 Å². The van der Waals surface area contributed by atoms with Gasteiger partial charge in [0.15, 0.2) is 6.61 Å². The molecule has 12 heteroatoms. The molecule has 0 unspecified atom stereocenters. The van der Waals surface area contributed by atoms with Crippen molar-refractivity contribution in [3.05, 3.63) is 51.8 Å². The Labute approximate surface area is 178 Å². The highest BCUT2D eigenvalue weighted by Gasteiger charge is 2.29.